The molecule has 1 aromatic rings. The average Bonchev–Trinajstić information content (AvgIpc) is 2.83. The van der Waals surface area contributed by atoms with Crippen LogP contribution in [0.1, 0.15) is 18.0 Å². The van der Waals surface area contributed by atoms with Crippen molar-refractivity contribution in [3.63, 3.8) is 0 Å². The minimum Gasteiger partial charge on any atom is -0.378 e. The van der Waals surface area contributed by atoms with Crippen molar-refractivity contribution in [3.8, 4) is 0 Å². The highest BCUT2D eigenvalue weighted by Crippen LogP contribution is 2.37. The first-order chi connectivity index (χ1) is 9.33. The quantitative estimate of drug-likeness (QED) is 0.876. The number of benzene rings is 1. The molecule has 0 aliphatic carbocycles. The second-order valence-electron chi connectivity index (χ2n) is 4.90. The van der Waals surface area contributed by atoms with Crippen LogP contribution in [0, 0.1) is 0 Å². The van der Waals surface area contributed by atoms with Crippen LogP contribution in [0.5, 0.6) is 0 Å². The minimum atomic E-state index is 0.102. The van der Waals surface area contributed by atoms with Crippen molar-refractivity contribution >= 4 is 17.7 Å². The van der Waals surface area contributed by atoms with Crippen LogP contribution in [0.25, 0.3) is 0 Å². The molecule has 2 aliphatic heterocycles. The molecule has 1 aromatic carbocycles. The second-order valence-corrected chi connectivity index (χ2v) is 5.96. The number of rotatable bonds is 3. The first-order valence-corrected chi connectivity index (χ1v) is 7.64. The zero-order chi connectivity index (χ0) is 13.1. The molecule has 0 saturated carbocycles. The van der Waals surface area contributed by atoms with Crippen molar-refractivity contribution < 1.29 is 9.53 Å². The maximum Gasteiger partial charge on any atom is 0.222 e. The predicted octanol–water partition coefficient (Wildman–Crippen LogP) is 1.33. The molecule has 1 saturated heterocycles. The summed E-state index contributed by atoms with van der Waals surface area (Å²) in [7, 11) is 0. The molecule has 3 rings (SSSR count). The summed E-state index contributed by atoms with van der Waals surface area (Å²) < 4.78 is 5.36. The molecule has 2 aliphatic rings. The third-order valence-electron chi connectivity index (χ3n) is 3.47. The molecule has 19 heavy (non-hydrogen) atoms. The van der Waals surface area contributed by atoms with Gasteiger partial charge in [-0.05, 0) is 11.6 Å². The van der Waals surface area contributed by atoms with Crippen molar-refractivity contribution in [1.29, 1.82) is 0 Å². The Morgan fingerprint density at radius 1 is 1.47 bits per heavy atom. The van der Waals surface area contributed by atoms with E-state index < -0.39 is 0 Å². The molecule has 2 N–H and O–H groups in total. The summed E-state index contributed by atoms with van der Waals surface area (Å²) in [6.45, 7) is 2.20. The van der Waals surface area contributed by atoms with Crippen LogP contribution in [0.3, 0.4) is 0 Å². The number of morpholine rings is 1. The van der Waals surface area contributed by atoms with Crippen LogP contribution in [-0.4, -0.2) is 37.5 Å². The lowest BCUT2D eigenvalue weighted by atomic mass is 10.1. The van der Waals surface area contributed by atoms with Crippen LogP contribution in [0.4, 0.5) is 0 Å². The maximum atomic E-state index is 12.1. The van der Waals surface area contributed by atoms with E-state index in [0.717, 1.165) is 18.9 Å². The molecule has 1 amide bonds. The first-order valence-electron chi connectivity index (χ1n) is 6.65. The van der Waals surface area contributed by atoms with Gasteiger partial charge in [-0.2, -0.15) is 0 Å². The van der Waals surface area contributed by atoms with Gasteiger partial charge in [0.05, 0.1) is 19.3 Å². The van der Waals surface area contributed by atoms with E-state index in [-0.39, 0.29) is 18.0 Å². The predicted molar refractivity (Wildman–Crippen MR) is 75.3 cm³/mol. The first kappa shape index (κ1) is 13.0. The molecule has 5 heteroatoms. The summed E-state index contributed by atoms with van der Waals surface area (Å²) in [5, 5.41) is 6.43. The Bertz CT molecular complexity index is 461. The summed E-state index contributed by atoms with van der Waals surface area (Å²) >= 11 is 1.81. The van der Waals surface area contributed by atoms with E-state index in [1.54, 1.807) is 0 Å². The van der Waals surface area contributed by atoms with Crippen LogP contribution in [0.15, 0.2) is 29.2 Å². The average molecular weight is 278 g/mol. The van der Waals surface area contributed by atoms with Gasteiger partial charge >= 0.3 is 0 Å². The Hall–Kier alpha value is -1.04. The summed E-state index contributed by atoms with van der Waals surface area (Å²) in [5.41, 5.74) is 1.24. The number of nitrogens with one attached hydrogen (secondary N) is 2. The fourth-order valence-electron chi connectivity index (χ4n) is 2.51. The van der Waals surface area contributed by atoms with Crippen LogP contribution in [-0.2, 0) is 9.53 Å². The molecule has 0 radical (unpaired) electrons. The van der Waals surface area contributed by atoms with Gasteiger partial charge < -0.3 is 15.4 Å². The summed E-state index contributed by atoms with van der Waals surface area (Å²) in [6, 6.07) is 8.58. The smallest absolute Gasteiger partial charge is 0.222 e. The minimum absolute atomic E-state index is 0.102. The molecule has 0 spiro atoms. The Morgan fingerprint density at radius 2 is 2.37 bits per heavy atom. The number of thioether (sulfide) groups is 1. The highest BCUT2D eigenvalue weighted by atomic mass is 32.2. The van der Waals surface area contributed by atoms with E-state index in [1.165, 1.54) is 10.5 Å². The molecule has 2 heterocycles. The van der Waals surface area contributed by atoms with Gasteiger partial charge in [-0.3, -0.25) is 4.79 Å². The standard InChI is InChI=1S/C14H18N2O2S/c17-14(7-10-8-18-6-5-15-10)16-12-9-19-13-4-2-1-3-11(12)13/h1-4,10,12,15H,5-9H2,(H,16,17). The zero-order valence-corrected chi connectivity index (χ0v) is 11.5. The number of carbonyl (C=O) groups excluding carboxylic acids is 1. The highest BCUT2D eigenvalue weighted by Gasteiger charge is 2.25. The van der Waals surface area contributed by atoms with E-state index >= 15 is 0 Å². The largest absolute Gasteiger partial charge is 0.378 e. The summed E-state index contributed by atoms with van der Waals surface area (Å²) in [6.07, 6.45) is 0.489. The summed E-state index contributed by atoms with van der Waals surface area (Å²) in [5.74, 6) is 1.03. The van der Waals surface area contributed by atoms with Gasteiger partial charge in [0.1, 0.15) is 0 Å². The number of fused-ring (bicyclic) bond motifs is 1. The van der Waals surface area contributed by atoms with Gasteiger partial charge in [0.25, 0.3) is 0 Å². The fraction of sp³-hybridized carbons (Fsp3) is 0.500. The van der Waals surface area contributed by atoms with E-state index in [4.69, 9.17) is 4.74 Å². The normalized spacial score (nSPS) is 25.9. The van der Waals surface area contributed by atoms with Crippen molar-refractivity contribution in [2.75, 3.05) is 25.5 Å². The number of carbonyl (C=O) groups is 1. The molecule has 2 unspecified atom stereocenters. The van der Waals surface area contributed by atoms with Gasteiger partial charge in [0.2, 0.25) is 5.91 Å². The lowest BCUT2D eigenvalue weighted by molar-refractivity contribution is -0.122. The Labute approximate surface area is 117 Å². The molecular formula is C14H18N2O2S. The highest BCUT2D eigenvalue weighted by molar-refractivity contribution is 7.99. The maximum absolute atomic E-state index is 12.1. The van der Waals surface area contributed by atoms with Gasteiger partial charge in [0.15, 0.2) is 0 Å². The fourth-order valence-corrected chi connectivity index (χ4v) is 3.67. The molecular weight excluding hydrogens is 260 g/mol. The number of hydrogen-bond acceptors (Lipinski definition) is 4. The van der Waals surface area contributed by atoms with Crippen LogP contribution in [0.2, 0.25) is 0 Å². The van der Waals surface area contributed by atoms with Crippen molar-refractivity contribution in [1.82, 2.24) is 10.6 Å². The molecule has 0 bridgehead atoms. The topological polar surface area (TPSA) is 50.4 Å². The lowest BCUT2D eigenvalue weighted by Crippen LogP contribution is -2.44. The van der Waals surface area contributed by atoms with Gasteiger partial charge in [-0.25, -0.2) is 0 Å². The molecule has 102 valence electrons. The molecule has 1 fully saturated rings. The van der Waals surface area contributed by atoms with Crippen molar-refractivity contribution in [2.24, 2.45) is 0 Å². The third-order valence-corrected chi connectivity index (χ3v) is 4.65. The third kappa shape index (κ3) is 3.11. The Morgan fingerprint density at radius 3 is 3.21 bits per heavy atom. The Kier molecular flexibility index (Phi) is 4.06. The number of amides is 1. The second kappa shape index (κ2) is 5.94. The van der Waals surface area contributed by atoms with E-state index in [9.17, 15) is 4.79 Å². The van der Waals surface area contributed by atoms with Crippen molar-refractivity contribution in [2.45, 2.75) is 23.4 Å². The molecule has 4 nitrogen and oxygen atoms in total. The zero-order valence-electron chi connectivity index (χ0n) is 10.7. The number of ether oxygens (including phenoxy) is 1. The van der Waals surface area contributed by atoms with E-state index in [0.29, 0.717) is 13.0 Å². The monoisotopic (exact) mass is 278 g/mol. The molecule has 2 atom stereocenters. The van der Waals surface area contributed by atoms with Gasteiger partial charge in [0, 0.05) is 29.7 Å². The van der Waals surface area contributed by atoms with E-state index in [2.05, 4.69) is 22.8 Å². The SMILES string of the molecule is O=C(CC1COCCN1)NC1CSc2ccccc21. The van der Waals surface area contributed by atoms with E-state index in [1.807, 2.05) is 23.9 Å². The van der Waals surface area contributed by atoms with Crippen LogP contribution >= 0.6 is 11.8 Å². The van der Waals surface area contributed by atoms with Crippen LogP contribution < -0.4 is 10.6 Å². The summed E-state index contributed by atoms with van der Waals surface area (Å²) in [4.78, 5) is 13.3. The van der Waals surface area contributed by atoms with Gasteiger partial charge in [-0.15, -0.1) is 11.8 Å². The number of hydrogen-bond donors (Lipinski definition) is 2. The Balaban J connectivity index is 1.55. The molecule has 0 aromatic heterocycles. The van der Waals surface area contributed by atoms with Crippen molar-refractivity contribution in [3.05, 3.63) is 29.8 Å². The lowest BCUT2D eigenvalue weighted by Gasteiger charge is -2.24. The van der Waals surface area contributed by atoms with Gasteiger partial charge in [-0.1, -0.05) is 18.2 Å².